The summed E-state index contributed by atoms with van der Waals surface area (Å²) in [5, 5.41) is 2.43. The van der Waals surface area contributed by atoms with Crippen LogP contribution < -0.4 is 30.7 Å². The molecule has 0 saturated heterocycles. The first-order valence-corrected chi connectivity index (χ1v) is 11.5. The minimum atomic E-state index is -0.574. The number of nitrogens with two attached hydrogens (primary N) is 2. The fourth-order valence-corrected chi connectivity index (χ4v) is 4.80. The smallest absolute Gasteiger partial charge is 0.526 e. The number of rotatable bonds is 6. The maximum atomic E-state index is 12.5. The van der Waals surface area contributed by atoms with Crippen LogP contribution in [0.5, 0.6) is 11.5 Å². The number of H-pyrrole nitrogens is 2. The standard InChI is InChI=1S/C28H18BN4O4/c30-27(34)23-15-7-1-3-9-17(15)32-19-11-5-13-21(25(19)23)36-29-37-22-14-6-12-20-26(22)24(28(31)35)16-8-2-4-10-18(16)33-20/h1-14H,(H2,30,34)(H2,31,35)/p+2. The first-order chi connectivity index (χ1) is 18.0. The highest BCUT2D eigenvalue weighted by atomic mass is 16.6. The van der Waals surface area contributed by atoms with E-state index in [1.54, 1.807) is 24.3 Å². The van der Waals surface area contributed by atoms with Gasteiger partial charge in [-0.3, -0.25) is 9.59 Å². The van der Waals surface area contributed by atoms with Crippen LogP contribution in [0, 0.1) is 0 Å². The van der Waals surface area contributed by atoms with Gasteiger partial charge in [-0.15, -0.1) is 0 Å². The number of nitrogens with one attached hydrogen (secondary N) is 2. The average Bonchev–Trinajstić information content (AvgIpc) is 2.90. The number of carbonyl (C=O) groups is 2. The monoisotopic (exact) mass is 487 g/mol. The summed E-state index contributed by atoms with van der Waals surface area (Å²) in [5.41, 5.74) is 15.2. The molecule has 2 heterocycles. The van der Waals surface area contributed by atoms with Gasteiger partial charge in [-0.2, -0.15) is 0 Å². The van der Waals surface area contributed by atoms with Crippen LogP contribution in [0.3, 0.4) is 0 Å². The van der Waals surface area contributed by atoms with Crippen LogP contribution in [-0.2, 0) is 0 Å². The van der Waals surface area contributed by atoms with E-state index in [4.69, 9.17) is 20.8 Å². The van der Waals surface area contributed by atoms with Crippen molar-refractivity contribution in [2.24, 2.45) is 11.5 Å². The second-order valence-electron chi connectivity index (χ2n) is 8.51. The molecular formula is C28H20BN4O4+2. The molecule has 6 N–H and O–H groups in total. The van der Waals surface area contributed by atoms with Crippen molar-refractivity contribution < 1.29 is 28.9 Å². The molecule has 9 heteroatoms. The highest BCUT2D eigenvalue weighted by molar-refractivity contribution is 6.24. The van der Waals surface area contributed by atoms with E-state index in [0.29, 0.717) is 55.2 Å². The molecule has 6 aromatic rings. The third-order valence-corrected chi connectivity index (χ3v) is 6.33. The quantitative estimate of drug-likeness (QED) is 0.276. The SMILES string of the molecule is NC(=O)c1c2ccccc2[nH+]c2cccc(O[B]Oc3cccc4[nH+]c5ccccc5c(C(N)=O)c34)c12. The third kappa shape index (κ3) is 3.73. The number of aromatic nitrogens is 2. The Bertz CT molecular complexity index is 1750. The van der Waals surface area contributed by atoms with Crippen LogP contribution in [-0.4, -0.2) is 19.5 Å². The van der Waals surface area contributed by atoms with Crippen LogP contribution >= 0.6 is 0 Å². The lowest BCUT2D eigenvalue weighted by Gasteiger charge is -2.12. The molecule has 0 spiro atoms. The second-order valence-corrected chi connectivity index (χ2v) is 8.51. The van der Waals surface area contributed by atoms with Crippen LogP contribution in [0.15, 0.2) is 84.9 Å². The lowest BCUT2D eigenvalue weighted by Crippen LogP contribution is -2.19. The highest BCUT2D eigenvalue weighted by Gasteiger charge is 2.24. The van der Waals surface area contributed by atoms with E-state index in [2.05, 4.69) is 9.97 Å². The van der Waals surface area contributed by atoms with Crippen LogP contribution in [0.1, 0.15) is 20.7 Å². The zero-order valence-corrected chi connectivity index (χ0v) is 19.4. The topological polar surface area (TPSA) is 133 Å². The van der Waals surface area contributed by atoms with Crippen molar-refractivity contribution in [1.82, 2.24) is 0 Å². The van der Waals surface area contributed by atoms with E-state index in [-0.39, 0.29) is 0 Å². The first-order valence-electron chi connectivity index (χ1n) is 11.5. The minimum Gasteiger partial charge on any atom is -0.526 e. The minimum absolute atomic E-state index is 0.343. The van der Waals surface area contributed by atoms with Gasteiger partial charge in [0.15, 0.2) is 0 Å². The van der Waals surface area contributed by atoms with Crippen molar-refractivity contribution in [2.75, 3.05) is 0 Å². The Labute approximate surface area is 211 Å². The summed E-state index contributed by atoms with van der Waals surface area (Å²) in [6.07, 6.45) is 0. The zero-order valence-electron chi connectivity index (χ0n) is 19.4. The summed E-state index contributed by atoms with van der Waals surface area (Å²) < 4.78 is 11.8. The maximum Gasteiger partial charge on any atom is 0.658 e. The molecule has 177 valence electrons. The van der Waals surface area contributed by atoms with E-state index >= 15 is 0 Å². The molecule has 2 aromatic heterocycles. The molecule has 0 aliphatic carbocycles. The Morgan fingerprint density at radius 3 is 1.41 bits per heavy atom. The number of carbonyl (C=O) groups excluding carboxylic acids is 2. The number of para-hydroxylation sites is 2. The fraction of sp³-hybridized carbons (Fsp3) is 0. The lowest BCUT2D eigenvalue weighted by atomic mass is 10.0. The van der Waals surface area contributed by atoms with Crippen molar-refractivity contribution in [1.29, 1.82) is 0 Å². The molecule has 0 unspecified atom stereocenters. The first kappa shape index (κ1) is 22.3. The van der Waals surface area contributed by atoms with Gasteiger partial charge in [0.05, 0.1) is 32.7 Å². The predicted molar refractivity (Wildman–Crippen MR) is 140 cm³/mol. The molecule has 0 aliphatic rings. The Kier molecular flexibility index (Phi) is 5.30. The van der Waals surface area contributed by atoms with Crippen LogP contribution in [0.2, 0.25) is 0 Å². The van der Waals surface area contributed by atoms with Gasteiger partial charge in [0, 0.05) is 24.3 Å². The second kappa shape index (κ2) is 8.80. The van der Waals surface area contributed by atoms with Gasteiger partial charge in [-0.25, -0.2) is 9.97 Å². The molecule has 37 heavy (non-hydrogen) atoms. The molecule has 0 aliphatic heterocycles. The van der Waals surface area contributed by atoms with E-state index in [1.165, 1.54) is 0 Å². The van der Waals surface area contributed by atoms with E-state index in [1.807, 2.05) is 60.7 Å². The van der Waals surface area contributed by atoms with Gasteiger partial charge < -0.3 is 20.8 Å². The van der Waals surface area contributed by atoms with E-state index < -0.39 is 11.8 Å². The number of primary amides is 2. The van der Waals surface area contributed by atoms with Gasteiger partial charge in [0.2, 0.25) is 22.1 Å². The Morgan fingerprint density at radius 2 is 0.973 bits per heavy atom. The normalized spacial score (nSPS) is 11.1. The summed E-state index contributed by atoms with van der Waals surface area (Å²) in [5.74, 6) is -0.397. The Morgan fingerprint density at radius 1 is 0.568 bits per heavy atom. The molecule has 0 bridgehead atoms. The van der Waals surface area contributed by atoms with Gasteiger partial charge in [0.25, 0.3) is 11.8 Å². The van der Waals surface area contributed by atoms with Crippen LogP contribution in [0.4, 0.5) is 0 Å². The van der Waals surface area contributed by atoms with Gasteiger partial charge >= 0.3 is 7.69 Å². The fourth-order valence-electron chi connectivity index (χ4n) is 4.80. The van der Waals surface area contributed by atoms with Crippen LogP contribution in [0.25, 0.3) is 43.6 Å². The van der Waals surface area contributed by atoms with Crippen molar-refractivity contribution in [3.8, 4) is 11.5 Å². The maximum absolute atomic E-state index is 12.5. The molecule has 8 nitrogen and oxygen atoms in total. The number of amides is 2. The van der Waals surface area contributed by atoms with Gasteiger partial charge in [0.1, 0.15) is 11.5 Å². The number of hydrogen-bond donors (Lipinski definition) is 2. The third-order valence-electron chi connectivity index (χ3n) is 6.33. The summed E-state index contributed by atoms with van der Waals surface area (Å²) in [6.45, 7) is 0. The lowest BCUT2D eigenvalue weighted by molar-refractivity contribution is -0.310. The predicted octanol–water partition coefficient (Wildman–Crippen LogP) is 3.12. The van der Waals surface area contributed by atoms with E-state index in [0.717, 1.165) is 18.7 Å². The molecule has 0 fully saturated rings. The number of aromatic amines is 2. The Hall–Kier alpha value is -5.18. The molecular weight excluding hydrogens is 467 g/mol. The number of benzene rings is 4. The summed E-state index contributed by atoms with van der Waals surface area (Å²) in [7, 11) is 1.16. The van der Waals surface area contributed by atoms with Crippen molar-refractivity contribution in [3.63, 3.8) is 0 Å². The molecule has 6 rings (SSSR count). The summed E-state index contributed by atoms with van der Waals surface area (Å²) in [4.78, 5) is 31.6. The molecule has 0 saturated carbocycles. The van der Waals surface area contributed by atoms with Gasteiger partial charge in [-0.05, 0) is 24.3 Å². The van der Waals surface area contributed by atoms with Crippen molar-refractivity contribution in [2.45, 2.75) is 0 Å². The summed E-state index contributed by atoms with van der Waals surface area (Å²) >= 11 is 0. The Balaban J connectivity index is 1.42. The molecule has 2 amide bonds. The van der Waals surface area contributed by atoms with Crippen molar-refractivity contribution >= 4 is 63.1 Å². The van der Waals surface area contributed by atoms with E-state index in [9.17, 15) is 9.59 Å². The average molecular weight is 487 g/mol. The molecule has 1 radical (unpaired) electrons. The largest absolute Gasteiger partial charge is 0.658 e. The van der Waals surface area contributed by atoms with Gasteiger partial charge in [-0.1, -0.05) is 36.4 Å². The summed E-state index contributed by atoms with van der Waals surface area (Å²) in [6, 6.07) is 25.5. The van der Waals surface area contributed by atoms with Crippen molar-refractivity contribution in [3.05, 3.63) is 96.1 Å². The zero-order chi connectivity index (χ0) is 25.5. The highest BCUT2D eigenvalue weighted by Crippen LogP contribution is 2.33. The molecule has 4 aromatic carbocycles. The number of hydrogen-bond acceptors (Lipinski definition) is 4. The number of pyridine rings is 2. The molecule has 0 atom stereocenters. The number of fused-ring (bicyclic) bond motifs is 4.